The van der Waals surface area contributed by atoms with Gasteiger partial charge in [0, 0.05) is 49.7 Å². The first-order valence-corrected chi connectivity index (χ1v) is 11.5. The van der Waals surface area contributed by atoms with E-state index in [1.54, 1.807) is 19.2 Å². The Labute approximate surface area is 200 Å². The third kappa shape index (κ3) is 6.14. The number of piperazine rings is 1. The predicted molar refractivity (Wildman–Crippen MR) is 134 cm³/mol. The van der Waals surface area contributed by atoms with Crippen molar-refractivity contribution >= 4 is 23.2 Å². The van der Waals surface area contributed by atoms with Gasteiger partial charge in [-0.3, -0.25) is 9.59 Å². The van der Waals surface area contributed by atoms with E-state index in [0.717, 1.165) is 35.8 Å². The molecule has 0 radical (unpaired) electrons. The van der Waals surface area contributed by atoms with Crippen LogP contribution < -0.4 is 20.3 Å². The third-order valence-electron chi connectivity index (χ3n) is 5.88. The minimum Gasteiger partial charge on any atom is -0.497 e. The average Bonchev–Trinajstić information content (AvgIpc) is 2.89. The molecule has 3 aromatic carbocycles. The first kappa shape index (κ1) is 23.3. The molecule has 7 heteroatoms. The number of anilines is 2. The number of hydrogen-bond donors (Lipinski definition) is 2. The van der Waals surface area contributed by atoms with Gasteiger partial charge in [-0.05, 0) is 54.1 Å². The summed E-state index contributed by atoms with van der Waals surface area (Å²) in [6.07, 6.45) is 0. The number of nitrogens with zero attached hydrogens (tertiary/aromatic N) is 2. The summed E-state index contributed by atoms with van der Waals surface area (Å²) in [7, 11) is 1.61. The van der Waals surface area contributed by atoms with Crippen molar-refractivity contribution in [3.8, 4) is 5.75 Å². The van der Waals surface area contributed by atoms with Crippen LogP contribution in [0.15, 0.2) is 78.9 Å². The largest absolute Gasteiger partial charge is 0.497 e. The van der Waals surface area contributed by atoms with Crippen LogP contribution in [-0.4, -0.2) is 56.5 Å². The molecule has 1 saturated heterocycles. The molecule has 3 aromatic rings. The first-order chi connectivity index (χ1) is 16.6. The van der Waals surface area contributed by atoms with Crippen molar-refractivity contribution in [1.82, 2.24) is 10.2 Å². The van der Waals surface area contributed by atoms with Crippen LogP contribution in [0.3, 0.4) is 0 Å². The van der Waals surface area contributed by atoms with Crippen molar-refractivity contribution in [3.05, 3.63) is 90.0 Å². The van der Waals surface area contributed by atoms with Gasteiger partial charge in [-0.25, -0.2) is 0 Å². The average molecular weight is 459 g/mol. The summed E-state index contributed by atoms with van der Waals surface area (Å²) in [5.41, 5.74) is 3.67. The van der Waals surface area contributed by atoms with Gasteiger partial charge in [0.1, 0.15) is 5.75 Å². The van der Waals surface area contributed by atoms with Gasteiger partial charge in [0.05, 0.1) is 13.7 Å². The van der Waals surface area contributed by atoms with Crippen LogP contribution in [0.5, 0.6) is 5.75 Å². The number of rotatable bonds is 8. The van der Waals surface area contributed by atoms with Gasteiger partial charge < -0.3 is 25.2 Å². The maximum atomic E-state index is 12.8. The second-order valence-electron chi connectivity index (χ2n) is 8.19. The van der Waals surface area contributed by atoms with E-state index in [-0.39, 0.29) is 18.4 Å². The molecule has 0 bridgehead atoms. The molecule has 2 N–H and O–H groups in total. The molecule has 34 heavy (non-hydrogen) atoms. The van der Waals surface area contributed by atoms with Crippen LogP contribution in [-0.2, 0) is 11.3 Å². The van der Waals surface area contributed by atoms with E-state index in [1.807, 2.05) is 71.6 Å². The van der Waals surface area contributed by atoms with Gasteiger partial charge in [0.2, 0.25) is 5.91 Å². The fraction of sp³-hybridized carbons (Fsp3) is 0.259. The van der Waals surface area contributed by atoms with Crippen molar-refractivity contribution < 1.29 is 14.3 Å². The normalized spacial score (nSPS) is 13.4. The lowest BCUT2D eigenvalue weighted by Crippen LogP contribution is -2.48. The number of methoxy groups -OCH3 is 1. The zero-order valence-electron chi connectivity index (χ0n) is 19.4. The number of carbonyl (C=O) groups is 2. The highest BCUT2D eigenvalue weighted by Gasteiger charge is 2.22. The first-order valence-electron chi connectivity index (χ1n) is 11.5. The molecule has 0 aliphatic carbocycles. The van der Waals surface area contributed by atoms with E-state index >= 15 is 0 Å². The van der Waals surface area contributed by atoms with E-state index in [0.29, 0.717) is 25.2 Å². The van der Waals surface area contributed by atoms with Crippen molar-refractivity contribution in [1.29, 1.82) is 0 Å². The second kappa shape index (κ2) is 11.3. The van der Waals surface area contributed by atoms with E-state index in [1.165, 1.54) is 0 Å². The Hall–Kier alpha value is -3.84. The summed E-state index contributed by atoms with van der Waals surface area (Å²) in [4.78, 5) is 29.1. The summed E-state index contributed by atoms with van der Waals surface area (Å²) < 4.78 is 5.16. The molecule has 0 unspecified atom stereocenters. The standard InChI is InChI=1S/C27H30N4O3/c1-34-25-13-7-22(8-14-25)27(33)31-17-15-30(16-18-31)24-11-9-23(10-12-24)29-26(32)20-28-19-21-5-3-2-4-6-21/h2-14,28H,15-20H2,1H3,(H,29,32). The van der Waals surface area contributed by atoms with Gasteiger partial charge in [0.25, 0.3) is 5.91 Å². The highest BCUT2D eigenvalue weighted by Crippen LogP contribution is 2.21. The van der Waals surface area contributed by atoms with E-state index < -0.39 is 0 Å². The Balaban J connectivity index is 1.22. The molecule has 0 atom stereocenters. The molecule has 1 fully saturated rings. The fourth-order valence-corrected chi connectivity index (χ4v) is 3.96. The van der Waals surface area contributed by atoms with Crippen molar-refractivity contribution in [2.45, 2.75) is 6.54 Å². The summed E-state index contributed by atoms with van der Waals surface area (Å²) >= 11 is 0. The molecule has 7 nitrogen and oxygen atoms in total. The lowest BCUT2D eigenvalue weighted by Gasteiger charge is -2.36. The molecule has 0 saturated carbocycles. The summed E-state index contributed by atoms with van der Waals surface area (Å²) in [5.74, 6) is 0.708. The number of benzene rings is 3. The maximum Gasteiger partial charge on any atom is 0.253 e. The van der Waals surface area contributed by atoms with Crippen molar-refractivity contribution in [3.63, 3.8) is 0 Å². The Bertz CT molecular complexity index is 1080. The number of nitrogens with one attached hydrogen (secondary N) is 2. The Morgan fingerprint density at radius 2 is 1.53 bits per heavy atom. The highest BCUT2D eigenvalue weighted by atomic mass is 16.5. The molecular weight excluding hydrogens is 428 g/mol. The molecule has 176 valence electrons. The lowest BCUT2D eigenvalue weighted by molar-refractivity contribution is -0.115. The van der Waals surface area contributed by atoms with E-state index in [4.69, 9.17) is 4.74 Å². The summed E-state index contributed by atoms with van der Waals surface area (Å²) in [6, 6.07) is 25.1. The lowest BCUT2D eigenvalue weighted by atomic mass is 10.1. The second-order valence-corrected chi connectivity index (χ2v) is 8.19. The Morgan fingerprint density at radius 3 is 2.18 bits per heavy atom. The van der Waals surface area contributed by atoms with Crippen LogP contribution in [0.4, 0.5) is 11.4 Å². The molecule has 1 heterocycles. The van der Waals surface area contributed by atoms with Gasteiger partial charge in [-0.15, -0.1) is 0 Å². The number of carbonyl (C=O) groups excluding carboxylic acids is 2. The maximum absolute atomic E-state index is 12.8. The molecule has 4 rings (SSSR count). The zero-order chi connectivity index (χ0) is 23.8. The molecule has 0 spiro atoms. The monoisotopic (exact) mass is 458 g/mol. The summed E-state index contributed by atoms with van der Waals surface area (Å²) in [6.45, 7) is 3.75. The van der Waals surface area contributed by atoms with Crippen LogP contribution >= 0.6 is 0 Å². The number of hydrogen-bond acceptors (Lipinski definition) is 5. The van der Waals surface area contributed by atoms with Gasteiger partial charge >= 0.3 is 0 Å². The van der Waals surface area contributed by atoms with Crippen molar-refractivity contribution in [2.75, 3.05) is 50.1 Å². The number of amides is 2. The quantitative estimate of drug-likeness (QED) is 0.541. The molecule has 0 aromatic heterocycles. The van der Waals surface area contributed by atoms with Crippen LogP contribution in [0, 0.1) is 0 Å². The van der Waals surface area contributed by atoms with Crippen LogP contribution in [0.25, 0.3) is 0 Å². The van der Waals surface area contributed by atoms with Gasteiger partial charge in [-0.2, -0.15) is 0 Å². The molecular formula is C27H30N4O3. The third-order valence-corrected chi connectivity index (χ3v) is 5.88. The zero-order valence-corrected chi connectivity index (χ0v) is 19.4. The predicted octanol–water partition coefficient (Wildman–Crippen LogP) is 3.39. The van der Waals surface area contributed by atoms with E-state index in [2.05, 4.69) is 15.5 Å². The molecule has 1 aliphatic rings. The molecule has 1 aliphatic heterocycles. The SMILES string of the molecule is COc1ccc(C(=O)N2CCN(c3ccc(NC(=O)CNCc4ccccc4)cc3)CC2)cc1. The summed E-state index contributed by atoms with van der Waals surface area (Å²) in [5, 5.41) is 6.08. The Morgan fingerprint density at radius 1 is 0.853 bits per heavy atom. The minimum atomic E-state index is -0.0747. The smallest absolute Gasteiger partial charge is 0.253 e. The fourth-order valence-electron chi connectivity index (χ4n) is 3.96. The van der Waals surface area contributed by atoms with E-state index in [9.17, 15) is 9.59 Å². The van der Waals surface area contributed by atoms with Crippen LogP contribution in [0.1, 0.15) is 15.9 Å². The molecule has 2 amide bonds. The topological polar surface area (TPSA) is 73.9 Å². The van der Waals surface area contributed by atoms with Gasteiger partial charge in [0.15, 0.2) is 0 Å². The minimum absolute atomic E-state index is 0.0428. The highest BCUT2D eigenvalue weighted by molar-refractivity contribution is 5.94. The Kier molecular flexibility index (Phi) is 7.78. The number of ether oxygens (including phenoxy) is 1. The van der Waals surface area contributed by atoms with Crippen LogP contribution in [0.2, 0.25) is 0 Å². The van der Waals surface area contributed by atoms with Gasteiger partial charge in [-0.1, -0.05) is 30.3 Å². The van der Waals surface area contributed by atoms with Crippen molar-refractivity contribution in [2.24, 2.45) is 0 Å².